The molecule has 2 heterocycles. The zero-order chi connectivity index (χ0) is 22.5. The molecule has 2 N–H and O–H groups in total. The van der Waals surface area contributed by atoms with Gasteiger partial charge in [-0.1, -0.05) is 44.2 Å². The zero-order valence-electron chi connectivity index (χ0n) is 18.3. The van der Waals surface area contributed by atoms with Crippen LogP contribution in [0.4, 0.5) is 5.82 Å². The summed E-state index contributed by atoms with van der Waals surface area (Å²) in [4.78, 5) is 36.9. The number of aryl methyl sites for hydroxylation is 1. The van der Waals surface area contributed by atoms with Crippen LogP contribution in [0.15, 0.2) is 36.4 Å². The quantitative estimate of drug-likeness (QED) is 0.520. The fraction of sp³-hybridized carbons (Fsp3) is 0.391. The van der Waals surface area contributed by atoms with Crippen LogP contribution in [-0.2, 0) is 9.59 Å². The van der Waals surface area contributed by atoms with Crippen molar-refractivity contribution in [1.29, 1.82) is 0 Å². The molecule has 3 rings (SSSR count). The molecular formula is C23H28N4O3S. The molecule has 0 spiro atoms. The first-order chi connectivity index (χ1) is 14.7. The van der Waals surface area contributed by atoms with Gasteiger partial charge in [-0.15, -0.1) is 11.3 Å². The van der Waals surface area contributed by atoms with E-state index >= 15 is 0 Å². The smallest absolute Gasteiger partial charge is 0.326 e. The van der Waals surface area contributed by atoms with Gasteiger partial charge in [-0.2, -0.15) is 0 Å². The summed E-state index contributed by atoms with van der Waals surface area (Å²) >= 11 is 1.62. The van der Waals surface area contributed by atoms with Crippen molar-refractivity contribution in [3.63, 3.8) is 0 Å². The summed E-state index contributed by atoms with van der Waals surface area (Å²) in [6.07, 6.45) is 0.582. The number of anilines is 1. The maximum Gasteiger partial charge on any atom is 0.326 e. The third-order valence-electron chi connectivity index (χ3n) is 4.92. The largest absolute Gasteiger partial charge is 0.480 e. The highest BCUT2D eigenvalue weighted by Gasteiger charge is 2.21. The number of carbonyl (C=O) groups is 2. The number of hydrogen-bond donors (Lipinski definition) is 2. The summed E-state index contributed by atoms with van der Waals surface area (Å²) in [5.41, 5.74) is 1.13. The lowest BCUT2D eigenvalue weighted by atomic mass is 10.0. The average Bonchev–Trinajstić information content (AvgIpc) is 3.15. The minimum Gasteiger partial charge on any atom is -0.480 e. The van der Waals surface area contributed by atoms with Gasteiger partial charge in [0.2, 0.25) is 5.91 Å². The predicted octanol–water partition coefficient (Wildman–Crippen LogP) is 4.11. The molecule has 1 unspecified atom stereocenters. The van der Waals surface area contributed by atoms with Gasteiger partial charge >= 0.3 is 5.97 Å². The number of hydrogen-bond acceptors (Lipinski definition) is 6. The highest BCUT2D eigenvalue weighted by molar-refractivity contribution is 7.21. The number of aliphatic carboxylic acids is 1. The molecular weight excluding hydrogens is 412 g/mol. The summed E-state index contributed by atoms with van der Waals surface area (Å²) in [5, 5.41) is 12.9. The van der Waals surface area contributed by atoms with Gasteiger partial charge in [0.15, 0.2) is 0 Å². The van der Waals surface area contributed by atoms with Gasteiger partial charge in [0.05, 0.1) is 5.39 Å². The minimum atomic E-state index is -1.00. The van der Waals surface area contributed by atoms with E-state index in [9.17, 15) is 14.7 Å². The molecule has 0 fully saturated rings. The van der Waals surface area contributed by atoms with Crippen LogP contribution in [0.3, 0.4) is 0 Å². The number of carboxylic acids is 1. The summed E-state index contributed by atoms with van der Waals surface area (Å²) in [6, 6.07) is 11.3. The van der Waals surface area contributed by atoms with Gasteiger partial charge in [0, 0.05) is 24.9 Å². The van der Waals surface area contributed by atoms with Crippen molar-refractivity contribution in [3.8, 4) is 10.4 Å². The van der Waals surface area contributed by atoms with E-state index in [1.165, 1.54) is 0 Å². The van der Waals surface area contributed by atoms with Gasteiger partial charge in [0.25, 0.3) is 0 Å². The molecule has 1 aromatic carbocycles. The highest BCUT2D eigenvalue weighted by Crippen LogP contribution is 2.36. The van der Waals surface area contributed by atoms with Crippen molar-refractivity contribution in [2.75, 3.05) is 18.5 Å². The standard InChI is InChI=1S/C23H28N4O3S/c1-14(2)12-18(23(29)30)26-20(28)10-11-27(4)21-17-13-19(16-8-6-5-7-9-16)31-22(17)25-15(3)24-21/h5-9,13-14,18H,10-12H2,1-4H3,(H,26,28)(H,29,30). The van der Waals surface area contributed by atoms with E-state index in [0.717, 1.165) is 26.5 Å². The Labute approximate surface area is 186 Å². The molecule has 8 heteroatoms. The third kappa shape index (κ3) is 5.79. The molecule has 1 amide bonds. The van der Waals surface area contributed by atoms with Crippen molar-refractivity contribution >= 4 is 39.2 Å². The Kier molecular flexibility index (Phi) is 7.22. The topological polar surface area (TPSA) is 95.4 Å². The molecule has 3 aromatic rings. The second-order valence-electron chi connectivity index (χ2n) is 8.05. The third-order valence-corrected chi connectivity index (χ3v) is 6.00. The van der Waals surface area contributed by atoms with Crippen LogP contribution in [0.2, 0.25) is 0 Å². The number of thiophene rings is 1. The molecule has 0 aliphatic rings. The Morgan fingerprint density at radius 1 is 1.19 bits per heavy atom. The number of carbonyl (C=O) groups excluding carboxylic acids is 1. The van der Waals surface area contributed by atoms with E-state index in [4.69, 9.17) is 0 Å². The fourth-order valence-electron chi connectivity index (χ4n) is 3.38. The van der Waals surface area contributed by atoms with Gasteiger partial charge < -0.3 is 15.3 Å². The first-order valence-electron chi connectivity index (χ1n) is 10.3. The van der Waals surface area contributed by atoms with Crippen molar-refractivity contribution in [1.82, 2.24) is 15.3 Å². The Morgan fingerprint density at radius 3 is 2.55 bits per heavy atom. The van der Waals surface area contributed by atoms with E-state index in [-0.39, 0.29) is 18.2 Å². The Balaban J connectivity index is 1.74. The first-order valence-corrected chi connectivity index (χ1v) is 11.1. The van der Waals surface area contributed by atoms with Crippen LogP contribution in [0.1, 0.15) is 32.5 Å². The predicted molar refractivity (Wildman–Crippen MR) is 124 cm³/mol. The van der Waals surface area contributed by atoms with E-state index in [1.54, 1.807) is 11.3 Å². The van der Waals surface area contributed by atoms with Crippen molar-refractivity contribution in [3.05, 3.63) is 42.2 Å². The second-order valence-corrected chi connectivity index (χ2v) is 9.08. The Bertz CT molecular complexity index is 1070. The summed E-state index contributed by atoms with van der Waals surface area (Å²) in [7, 11) is 1.89. The van der Waals surface area contributed by atoms with Crippen molar-refractivity contribution < 1.29 is 14.7 Å². The van der Waals surface area contributed by atoms with Gasteiger partial charge in [-0.25, -0.2) is 14.8 Å². The molecule has 31 heavy (non-hydrogen) atoms. The number of benzene rings is 1. The minimum absolute atomic E-state index is 0.179. The van der Waals surface area contributed by atoms with Gasteiger partial charge in [-0.3, -0.25) is 4.79 Å². The molecule has 1 atom stereocenters. The number of nitrogens with one attached hydrogen (secondary N) is 1. The molecule has 0 aliphatic carbocycles. The van der Waals surface area contributed by atoms with Gasteiger partial charge in [0.1, 0.15) is 22.5 Å². The van der Waals surface area contributed by atoms with Crippen molar-refractivity contribution in [2.45, 2.75) is 39.7 Å². The number of rotatable bonds is 9. The molecule has 0 radical (unpaired) electrons. The van der Waals surface area contributed by atoms with Crippen LogP contribution in [0.25, 0.3) is 20.7 Å². The lowest BCUT2D eigenvalue weighted by Gasteiger charge is -2.20. The summed E-state index contributed by atoms with van der Waals surface area (Å²) < 4.78 is 0. The van der Waals surface area contributed by atoms with Crippen molar-refractivity contribution in [2.24, 2.45) is 5.92 Å². The van der Waals surface area contributed by atoms with Crippen LogP contribution < -0.4 is 10.2 Å². The maximum absolute atomic E-state index is 12.4. The molecule has 0 saturated carbocycles. The first kappa shape index (κ1) is 22.7. The monoisotopic (exact) mass is 440 g/mol. The lowest BCUT2D eigenvalue weighted by molar-refractivity contribution is -0.142. The average molecular weight is 441 g/mol. The molecule has 7 nitrogen and oxygen atoms in total. The summed E-state index contributed by atoms with van der Waals surface area (Å²) in [5.74, 6) is 0.333. The van der Waals surface area contributed by atoms with Crippen LogP contribution in [0, 0.1) is 12.8 Å². The lowest BCUT2D eigenvalue weighted by Crippen LogP contribution is -2.42. The molecule has 0 saturated heterocycles. The SMILES string of the molecule is Cc1nc(N(C)CCC(=O)NC(CC(C)C)C(=O)O)c2cc(-c3ccccc3)sc2n1. The molecule has 164 valence electrons. The number of nitrogens with zero attached hydrogens (tertiary/aromatic N) is 3. The summed E-state index contributed by atoms with van der Waals surface area (Å²) in [6.45, 7) is 6.14. The number of fused-ring (bicyclic) bond motifs is 1. The van der Waals surface area contributed by atoms with E-state index in [2.05, 4.69) is 33.5 Å². The van der Waals surface area contributed by atoms with Crippen LogP contribution in [-0.4, -0.2) is 46.6 Å². The molecule has 2 aromatic heterocycles. The number of carboxylic acid groups (broad SMARTS) is 1. The van der Waals surface area contributed by atoms with Crippen LogP contribution >= 0.6 is 11.3 Å². The zero-order valence-corrected chi connectivity index (χ0v) is 19.1. The highest BCUT2D eigenvalue weighted by atomic mass is 32.1. The van der Waals surface area contributed by atoms with Gasteiger partial charge in [-0.05, 0) is 30.9 Å². The fourth-order valence-corrected chi connectivity index (χ4v) is 4.46. The second kappa shape index (κ2) is 9.87. The van der Waals surface area contributed by atoms with E-state index in [0.29, 0.717) is 18.8 Å². The van der Waals surface area contributed by atoms with E-state index < -0.39 is 12.0 Å². The molecule has 0 aliphatic heterocycles. The Morgan fingerprint density at radius 2 is 1.90 bits per heavy atom. The Hall–Kier alpha value is -3.00. The maximum atomic E-state index is 12.4. The van der Waals surface area contributed by atoms with Crippen LogP contribution in [0.5, 0.6) is 0 Å². The van der Waals surface area contributed by atoms with E-state index in [1.807, 2.05) is 50.9 Å². The normalized spacial score (nSPS) is 12.2. The number of aromatic nitrogens is 2. The molecule has 0 bridgehead atoms. The number of amides is 1.